The van der Waals surface area contributed by atoms with Gasteiger partial charge in [0, 0.05) is 25.0 Å². The molecule has 4 N–H and O–H groups in total. The molecule has 1 aliphatic heterocycles. The van der Waals surface area contributed by atoms with Crippen molar-refractivity contribution in [3.05, 3.63) is 42.9 Å². The Labute approximate surface area is 204 Å². The van der Waals surface area contributed by atoms with Gasteiger partial charge in [-0.15, -0.1) is 5.06 Å². The lowest BCUT2D eigenvalue weighted by Gasteiger charge is -2.32. The van der Waals surface area contributed by atoms with Crippen LogP contribution in [0.3, 0.4) is 0 Å². The number of ether oxygens (including phenoxy) is 1. The number of rotatable bonds is 7. The molecule has 11 nitrogen and oxygen atoms in total. The summed E-state index contributed by atoms with van der Waals surface area (Å²) < 4.78 is 7.12. The van der Waals surface area contributed by atoms with E-state index in [-0.39, 0.29) is 12.0 Å². The highest BCUT2D eigenvalue weighted by atomic mass is 16.7. The summed E-state index contributed by atoms with van der Waals surface area (Å²) in [5.74, 6) is 1.45. The van der Waals surface area contributed by atoms with Crippen LogP contribution in [0.2, 0.25) is 0 Å². The fourth-order valence-corrected chi connectivity index (χ4v) is 3.55. The first-order chi connectivity index (χ1) is 16.7. The smallest absolute Gasteiger partial charge is 0.330 e. The third kappa shape index (κ3) is 6.18. The van der Waals surface area contributed by atoms with Crippen molar-refractivity contribution in [2.45, 2.75) is 39.7 Å². The Morgan fingerprint density at radius 3 is 2.46 bits per heavy atom. The quantitative estimate of drug-likeness (QED) is 0.457. The molecule has 0 amide bonds. The number of nitrogens with one attached hydrogen (secondary N) is 2. The average Bonchev–Trinajstić information content (AvgIpc) is 3.30. The van der Waals surface area contributed by atoms with Crippen LogP contribution in [0.15, 0.2) is 42.9 Å². The van der Waals surface area contributed by atoms with Gasteiger partial charge in [0.1, 0.15) is 5.75 Å². The van der Waals surface area contributed by atoms with Crippen molar-refractivity contribution in [3.8, 4) is 5.75 Å². The van der Waals surface area contributed by atoms with E-state index in [0.29, 0.717) is 30.5 Å². The second-order valence-corrected chi connectivity index (χ2v) is 9.47. The second-order valence-electron chi connectivity index (χ2n) is 9.47. The number of nitrogens with two attached hydrogens (primary N) is 1. The van der Waals surface area contributed by atoms with Crippen molar-refractivity contribution >= 4 is 34.8 Å². The molecule has 1 aliphatic rings. The zero-order chi connectivity index (χ0) is 25.0. The third-order valence-corrected chi connectivity index (χ3v) is 5.65. The molecule has 4 rings (SSSR count). The molecule has 35 heavy (non-hydrogen) atoms. The molecule has 0 atom stereocenters. The number of methoxy groups -OCH3 is 1. The molecule has 3 aromatic rings. The number of benzene rings is 1. The zero-order valence-electron chi connectivity index (χ0n) is 20.5. The molecule has 1 aromatic carbocycles. The van der Waals surface area contributed by atoms with Gasteiger partial charge in [0.2, 0.25) is 5.95 Å². The molecule has 0 radical (unpaired) electrons. The molecule has 0 saturated carbocycles. The Morgan fingerprint density at radius 1 is 1.09 bits per heavy atom. The van der Waals surface area contributed by atoms with Crippen molar-refractivity contribution in [2.75, 3.05) is 36.6 Å². The summed E-state index contributed by atoms with van der Waals surface area (Å²) in [6.07, 6.45) is 6.87. The number of carbonyl (C=O) groups is 1. The van der Waals surface area contributed by atoms with Gasteiger partial charge in [-0.25, -0.2) is 9.78 Å². The molecule has 3 heterocycles. The highest BCUT2D eigenvalue weighted by Gasteiger charge is 2.29. The topological polar surface area (TPSA) is 132 Å². The molecule has 1 fully saturated rings. The van der Waals surface area contributed by atoms with E-state index < -0.39 is 5.41 Å². The first kappa shape index (κ1) is 24.3. The van der Waals surface area contributed by atoms with Crippen molar-refractivity contribution < 1.29 is 14.4 Å². The number of hydroxylamine groups is 2. The number of aromatic nitrogens is 4. The van der Waals surface area contributed by atoms with Gasteiger partial charge in [-0.2, -0.15) is 10.1 Å². The second kappa shape index (κ2) is 10.2. The third-order valence-electron chi connectivity index (χ3n) is 5.65. The van der Waals surface area contributed by atoms with Gasteiger partial charge in [0.05, 0.1) is 42.3 Å². The van der Waals surface area contributed by atoms with E-state index in [1.165, 1.54) is 0 Å². The van der Waals surface area contributed by atoms with Gasteiger partial charge in [-0.05, 0) is 57.9 Å². The fraction of sp³-hybridized carbons (Fsp3) is 0.417. The Kier molecular flexibility index (Phi) is 7.06. The molecule has 0 unspecified atom stereocenters. The van der Waals surface area contributed by atoms with Crippen LogP contribution < -0.4 is 21.1 Å². The lowest BCUT2D eigenvalue weighted by molar-refractivity contribution is -0.205. The van der Waals surface area contributed by atoms with Gasteiger partial charge in [0.25, 0.3) is 0 Å². The molecule has 0 aliphatic carbocycles. The number of nitrogen functional groups attached to an aromatic ring is 1. The Morgan fingerprint density at radius 2 is 1.80 bits per heavy atom. The van der Waals surface area contributed by atoms with Crippen molar-refractivity contribution in [1.29, 1.82) is 0 Å². The van der Waals surface area contributed by atoms with E-state index in [1.54, 1.807) is 24.6 Å². The SMILES string of the molecule is COc1ccc(Nc2nc(Nc3cnn(C4CCN(OC(=O)C(C)(C)C)CC4)c3)ncc2N)cc1. The molecule has 1 saturated heterocycles. The normalized spacial score (nSPS) is 15.0. The van der Waals surface area contributed by atoms with E-state index in [4.69, 9.17) is 15.3 Å². The van der Waals surface area contributed by atoms with E-state index in [0.717, 1.165) is 30.0 Å². The van der Waals surface area contributed by atoms with Gasteiger partial charge < -0.3 is 25.9 Å². The van der Waals surface area contributed by atoms with E-state index in [2.05, 4.69) is 25.7 Å². The summed E-state index contributed by atoms with van der Waals surface area (Å²) in [5.41, 5.74) is 7.57. The average molecular weight is 481 g/mol. The standard InChI is InChI=1S/C24H32N8O3/c1-24(2,3)22(33)35-31-11-9-18(10-12-31)32-15-17(13-27-32)29-23-26-14-20(25)21(30-23)28-16-5-7-19(34-4)8-6-16/h5-8,13-15,18H,9-12,25H2,1-4H3,(H2,26,28,29,30). The molecule has 0 bridgehead atoms. The summed E-state index contributed by atoms with van der Waals surface area (Å²) >= 11 is 0. The van der Waals surface area contributed by atoms with Gasteiger partial charge in [-0.1, -0.05) is 0 Å². The van der Waals surface area contributed by atoms with E-state index >= 15 is 0 Å². The number of piperidine rings is 1. The Balaban J connectivity index is 1.35. The van der Waals surface area contributed by atoms with Crippen molar-refractivity contribution in [1.82, 2.24) is 24.8 Å². The largest absolute Gasteiger partial charge is 0.497 e. The molecule has 2 aromatic heterocycles. The summed E-state index contributed by atoms with van der Waals surface area (Å²) in [4.78, 5) is 26.4. The van der Waals surface area contributed by atoms with Crippen LogP contribution in [0.1, 0.15) is 39.7 Å². The number of anilines is 5. The lowest BCUT2D eigenvalue weighted by atomic mass is 9.98. The summed E-state index contributed by atoms with van der Waals surface area (Å²) in [6, 6.07) is 7.69. The number of carbonyl (C=O) groups excluding carboxylic acids is 1. The maximum Gasteiger partial charge on any atom is 0.330 e. The predicted octanol–water partition coefficient (Wildman–Crippen LogP) is 3.89. The highest BCUT2D eigenvalue weighted by molar-refractivity contribution is 5.75. The van der Waals surface area contributed by atoms with Gasteiger partial charge in [0.15, 0.2) is 5.82 Å². The molecule has 11 heteroatoms. The number of nitrogens with zero attached hydrogens (tertiary/aromatic N) is 5. The number of hydrogen-bond donors (Lipinski definition) is 3. The van der Waals surface area contributed by atoms with Crippen molar-refractivity contribution in [2.24, 2.45) is 5.41 Å². The lowest BCUT2D eigenvalue weighted by Crippen LogP contribution is -2.39. The minimum Gasteiger partial charge on any atom is -0.497 e. The van der Waals surface area contributed by atoms with E-state index in [9.17, 15) is 4.79 Å². The maximum absolute atomic E-state index is 12.1. The van der Waals surface area contributed by atoms with Crippen LogP contribution in [-0.2, 0) is 9.63 Å². The van der Waals surface area contributed by atoms with Gasteiger partial charge in [-0.3, -0.25) is 4.68 Å². The van der Waals surface area contributed by atoms with Crippen molar-refractivity contribution in [3.63, 3.8) is 0 Å². The number of hydrogen-bond acceptors (Lipinski definition) is 10. The maximum atomic E-state index is 12.1. The Hall–Kier alpha value is -3.86. The fourth-order valence-electron chi connectivity index (χ4n) is 3.55. The minimum absolute atomic E-state index is 0.217. The monoisotopic (exact) mass is 480 g/mol. The van der Waals surface area contributed by atoms with Crippen LogP contribution in [0.25, 0.3) is 0 Å². The van der Waals surface area contributed by atoms with Crippen LogP contribution in [0, 0.1) is 5.41 Å². The Bertz CT molecular complexity index is 1150. The highest BCUT2D eigenvalue weighted by Crippen LogP contribution is 2.27. The minimum atomic E-state index is -0.520. The van der Waals surface area contributed by atoms with Crippen LogP contribution in [0.5, 0.6) is 5.75 Å². The molecule has 186 valence electrons. The summed E-state index contributed by atoms with van der Waals surface area (Å²) in [6.45, 7) is 6.88. The summed E-state index contributed by atoms with van der Waals surface area (Å²) in [7, 11) is 1.62. The van der Waals surface area contributed by atoms with E-state index in [1.807, 2.05) is 55.9 Å². The van der Waals surface area contributed by atoms with Gasteiger partial charge >= 0.3 is 5.97 Å². The summed E-state index contributed by atoms with van der Waals surface area (Å²) in [5, 5.41) is 12.6. The molecular weight excluding hydrogens is 448 g/mol. The first-order valence-corrected chi connectivity index (χ1v) is 11.5. The van der Waals surface area contributed by atoms with Crippen LogP contribution >= 0.6 is 0 Å². The molecular formula is C24H32N8O3. The molecule has 0 spiro atoms. The first-order valence-electron chi connectivity index (χ1n) is 11.5. The van der Waals surface area contributed by atoms with Crippen LogP contribution in [0.4, 0.5) is 28.8 Å². The van der Waals surface area contributed by atoms with Crippen LogP contribution in [-0.4, -0.2) is 51.0 Å². The zero-order valence-corrected chi connectivity index (χ0v) is 20.5. The predicted molar refractivity (Wildman–Crippen MR) is 134 cm³/mol.